The van der Waals surface area contributed by atoms with Gasteiger partial charge >= 0.3 is 0 Å². The molecule has 0 bridgehead atoms. The number of benzene rings is 2. The third-order valence-corrected chi connectivity index (χ3v) is 7.29. The van der Waals surface area contributed by atoms with E-state index in [0.29, 0.717) is 6.54 Å². The van der Waals surface area contributed by atoms with Crippen molar-refractivity contribution in [3.63, 3.8) is 0 Å². The molecule has 2 heterocycles. The zero-order chi connectivity index (χ0) is 21.8. The first-order valence-electron chi connectivity index (χ1n) is 10.4. The number of aromatic nitrogens is 2. The second-order valence-electron chi connectivity index (χ2n) is 7.37. The van der Waals surface area contributed by atoms with Gasteiger partial charge in [-0.2, -0.15) is 0 Å². The van der Waals surface area contributed by atoms with Crippen LogP contribution in [0.2, 0.25) is 0 Å². The highest BCUT2D eigenvalue weighted by molar-refractivity contribution is 8.00. The Morgan fingerprint density at radius 2 is 1.74 bits per heavy atom. The first-order valence-corrected chi connectivity index (χ1v) is 12.1. The van der Waals surface area contributed by atoms with Gasteiger partial charge in [0.05, 0.1) is 11.8 Å². The van der Waals surface area contributed by atoms with Crippen molar-refractivity contribution < 1.29 is 4.79 Å². The number of fused-ring (bicyclic) bond motifs is 1. The van der Waals surface area contributed by atoms with Gasteiger partial charge in [0.15, 0.2) is 0 Å². The molecule has 4 aromatic rings. The van der Waals surface area contributed by atoms with Crippen LogP contribution in [0.15, 0.2) is 71.8 Å². The summed E-state index contributed by atoms with van der Waals surface area (Å²) in [5, 5.41) is 1.64. The van der Waals surface area contributed by atoms with Crippen LogP contribution >= 0.6 is 23.1 Å². The molecular formula is C25H25N3OS2. The molecule has 1 amide bonds. The molecule has 0 radical (unpaired) electrons. The van der Waals surface area contributed by atoms with Crippen molar-refractivity contribution in [1.29, 1.82) is 0 Å². The number of para-hydroxylation sites is 1. The lowest BCUT2D eigenvalue weighted by molar-refractivity contribution is -0.118. The minimum absolute atomic E-state index is 0.0652. The number of carbonyl (C=O) groups is 1. The van der Waals surface area contributed by atoms with E-state index < -0.39 is 0 Å². The molecule has 0 saturated heterocycles. The van der Waals surface area contributed by atoms with Crippen LogP contribution in [0.4, 0.5) is 5.69 Å². The van der Waals surface area contributed by atoms with Gasteiger partial charge in [0, 0.05) is 16.0 Å². The van der Waals surface area contributed by atoms with E-state index in [1.54, 1.807) is 11.3 Å². The lowest BCUT2D eigenvalue weighted by Crippen LogP contribution is -2.36. The van der Waals surface area contributed by atoms with Gasteiger partial charge in [-0.25, -0.2) is 9.97 Å². The van der Waals surface area contributed by atoms with Crippen molar-refractivity contribution in [2.75, 3.05) is 4.90 Å². The first-order chi connectivity index (χ1) is 15.0. The van der Waals surface area contributed by atoms with Crippen LogP contribution in [0.3, 0.4) is 0 Å². The number of nitrogens with zero attached hydrogens (tertiary/aromatic N) is 3. The van der Waals surface area contributed by atoms with Crippen molar-refractivity contribution >= 4 is 44.9 Å². The molecule has 0 N–H and O–H groups in total. The van der Waals surface area contributed by atoms with Gasteiger partial charge in [-0.05, 0) is 44.0 Å². The van der Waals surface area contributed by atoms with Gasteiger partial charge < -0.3 is 4.90 Å². The topological polar surface area (TPSA) is 46.1 Å². The third kappa shape index (κ3) is 4.97. The van der Waals surface area contributed by atoms with Crippen molar-refractivity contribution in [3.8, 4) is 0 Å². The minimum atomic E-state index is -0.286. The van der Waals surface area contributed by atoms with E-state index in [9.17, 15) is 4.79 Å². The molecule has 6 heteroatoms. The van der Waals surface area contributed by atoms with Gasteiger partial charge in [-0.15, -0.1) is 11.3 Å². The Kier molecular flexibility index (Phi) is 6.68. The molecule has 2 aromatic heterocycles. The van der Waals surface area contributed by atoms with Crippen LogP contribution in [-0.2, 0) is 17.8 Å². The average molecular weight is 448 g/mol. The standard InChI is InChI=1S/C25H25N3OS2/c1-4-21-15-22-23(26-18(3)27-24(22)31-21)30-17(2)25(29)28(20-13-9-6-10-14-20)16-19-11-7-5-8-12-19/h5-15,17H,4,16H2,1-3H3. The number of amides is 1. The summed E-state index contributed by atoms with van der Waals surface area (Å²) in [4.78, 5) is 27.0. The monoisotopic (exact) mass is 447 g/mol. The normalized spacial score (nSPS) is 12.1. The van der Waals surface area contributed by atoms with Gasteiger partial charge in [0.25, 0.3) is 0 Å². The Morgan fingerprint density at radius 1 is 1.06 bits per heavy atom. The van der Waals surface area contributed by atoms with E-state index >= 15 is 0 Å². The lowest BCUT2D eigenvalue weighted by atomic mass is 10.2. The maximum absolute atomic E-state index is 13.6. The van der Waals surface area contributed by atoms with Gasteiger partial charge in [0.1, 0.15) is 15.7 Å². The molecule has 31 heavy (non-hydrogen) atoms. The fourth-order valence-electron chi connectivity index (χ4n) is 3.42. The molecule has 1 unspecified atom stereocenters. The van der Waals surface area contributed by atoms with Gasteiger partial charge in [-0.1, -0.05) is 67.2 Å². The summed E-state index contributed by atoms with van der Waals surface area (Å²) in [7, 11) is 0. The maximum Gasteiger partial charge on any atom is 0.240 e. The van der Waals surface area contributed by atoms with E-state index in [0.717, 1.165) is 38.7 Å². The zero-order valence-corrected chi connectivity index (χ0v) is 19.5. The summed E-state index contributed by atoms with van der Waals surface area (Å²) in [6.45, 7) is 6.55. The van der Waals surface area contributed by atoms with Crippen LogP contribution in [0.1, 0.15) is 30.1 Å². The summed E-state index contributed by atoms with van der Waals surface area (Å²) in [5.41, 5.74) is 2.00. The highest BCUT2D eigenvalue weighted by atomic mass is 32.2. The molecule has 158 valence electrons. The second kappa shape index (κ2) is 9.62. The van der Waals surface area contributed by atoms with Crippen molar-refractivity contribution in [2.45, 2.75) is 44.0 Å². The maximum atomic E-state index is 13.6. The molecule has 0 fully saturated rings. The van der Waals surface area contributed by atoms with Gasteiger partial charge in [0.2, 0.25) is 5.91 Å². The van der Waals surface area contributed by atoms with E-state index in [4.69, 9.17) is 0 Å². The Morgan fingerprint density at radius 3 is 2.42 bits per heavy atom. The third-order valence-electron chi connectivity index (χ3n) is 5.02. The van der Waals surface area contributed by atoms with Crippen LogP contribution in [0, 0.1) is 6.92 Å². The second-order valence-corrected chi connectivity index (χ2v) is 9.81. The largest absolute Gasteiger partial charge is 0.307 e. The average Bonchev–Trinajstić information content (AvgIpc) is 3.21. The minimum Gasteiger partial charge on any atom is -0.307 e. The molecule has 0 aliphatic rings. The van der Waals surface area contributed by atoms with Crippen LogP contribution in [-0.4, -0.2) is 21.1 Å². The van der Waals surface area contributed by atoms with Crippen molar-refractivity contribution in [2.24, 2.45) is 0 Å². The molecule has 4 rings (SSSR count). The fraction of sp³-hybridized carbons (Fsp3) is 0.240. The summed E-state index contributed by atoms with van der Waals surface area (Å²) in [6, 6.07) is 22.1. The predicted octanol–water partition coefficient (Wildman–Crippen LogP) is 6.28. The Bertz CT molecular complexity index is 1180. The molecule has 0 aliphatic carbocycles. The first kappa shape index (κ1) is 21.5. The summed E-state index contributed by atoms with van der Waals surface area (Å²) in [5.74, 6) is 0.804. The van der Waals surface area contributed by atoms with E-state index in [1.165, 1.54) is 16.6 Å². The number of anilines is 1. The summed E-state index contributed by atoms with van der Waals surface area (Å²) < 4.78 is 0. The Labute approximate surface area is 191 Å². The molecular weight excluding hydrogens is 422 g/mol. The number of hydrogen-bond acceptors (Lipinski definition) is 5. The van der Waals surface area contributed by atoms with Gasteiger partial charge in [-0.3, -0.25) is 4.79 Å². The molecule has 4 nitrogen and oxygen atoms in total. The predicted molar refractivity (Wildman–Crippen MR) is 131 cm³/mol. The number of hydrogen-bond donors (Lipinski definition) is 0. The molecule has 2 aromatic carbocycles. The number of carbonyl (C=O) groups excluding carboxylic acids is 1. The van der Waals surface area contributed by atoms with Crippen LogP contribution in [0.5, 0.6) is 0 Å². The highest BCUT2D eigenvalue weighted by Gasteiger charge is 2.25. The van der Waals surface area contributed by atoms with Crippen LogP contribution < -0.4 is 4.90 Å². The molecule has 1 atom stereocenters. The zero-order valence-electron chi connectivity index (χ0n) is 17.9. The number of rotatable bonds is 7. The SMILES string of the molecule is CCc1cc2c(SC(C)C(=O)N(Cc3ccccc3)c3ccccc3)nc(C)nc2s1. The highest BCUT2D eigenvalue weighted by Crippen LogP contribution is 2.34. The van der Waals surface area contributed by atoms with Crippen molar-refractivity contribution in [1.82, 2.24) is 9.97 Å². The quantitative estimate of drug-likeness (QED) is 0.247. The fourth-order valence-corrected chi connectivity index (χ4v) is 5.53. The molecule has 0 aliphatic heterocycles. The summed E-state index contributed by atoms with van der Waals surface area (Å²) >= 11 is 3.22. The van der Waals surface area contributed by atoms with Crippen molar-refractivity contribution in [3.05, 3.63) is 83.0 Å². The smallest absolute Gasteiger partial charge is 0.240 e. The van der Waals surface area contributed by atoms with E-state index in [1.807, 2.05) is 67.3 Å². The Balaban J connectivity index is 1.63. The van der Waals surface area contributed by atoms with E-state index in [-0.39, 0.29) is 11.2 Å². The molecule has 0 saturated carbocycles. The number of aryl methyl sites for hydroxylation is 2. The summed E-state index contributed by atoms with van der Waals surface area (Å²) in [6.07, 6.45) is 0.970. The molecule has 0 spiro atoms. The van der Waals surface area contributed by atoms with Crippen LogP contribution in [0.25, 0.3) is 10.2 Å². The number of thioether (sulfide) groups is 1. The Hall–Kier alpha value is -2.70. The van der Waals surface area contributed by atoms with E-state index in [2.05, 4.69) is 35.1 Å². The number of thiophene rings is 1. The lowest BCUT2D eigenvalue weighted by Gasteiger charge is -2.26.